The summed E-state index contributed by atoms with van der Waals surface area (Å²) in [5.41, 5.74) is 7.64. The SMILES string of the molecule is CN(c1ccc(C(=N)N)cc1)c1ccc2nnnn2n1. The molecule has 8 nitrogen and oxygen atoms in total. The van der Waals surface area contributed by atoms with Gasteiger partial charge in [0.2, 0.25) is 0 Å². The molecule has 3 N–H and O–H groups in total. The van der Waals surface area contributed by atoms with E-state index < -0.39 is 0 Å². The van der Waals surface area contributed by atoms with Crippen molar-refractivity contribution in [3.8, 4) is 0 Å². The Balaban J connectivity index is 1.94. The lowest BCUT2D eigenvalue weighted by atomic mass is 10.2. The van der Waals surface area contributed by atoms with E-state index in [0.717, 1.165) is 5.69 Å². The molecule has 2 aromatic heterocycles. The van der Waals surface area contributed by atoms with Crippen molar-refractivity contribution in [2.45, 2.75) is 0 Å². The number of nitrogen functional groups attached to an aromatic ring is 1. The fraction of sp³-hybridized carbons (Fsp3) is 0.0833. The zero-order chi connectivity index (χ0) is 14.1. The second kappa shape index (κ2) is 4.57. The third-order valence-electron chi connectivity index (χ3n) is 2.96. The van der Waals surface area contributed by atoms with E-state index in [2.05, 4.69) is 20.6 Å². The van der Waals surface area contributed by atoms with Gasteiger partial charge < -0.3 is 10.6 Å². The van der Waals surface area contributed by atoms with Gasteiger partial charge in [0, 0.05) is 18.3 Å². The van der Waals surface area contributed by atoms with Gasteiger partial charge in [0.25, 0.3) is 0 Å². The van der Waals surface area contributed by atoms with Gasteiger partial charge in [-0.2, -0.15) is 0 Å². The Morgan fingerprint density at radius 3 is 2.65 bits per heavy atom. The van der Waals surface area contributed by atoms with Crippen molar-refractivity contribution in [3.63, 3.8) is 0 Å². The zero-order valence-electron chi connectivity index (χ0n) is 10.7. The zero-order valence-corrected chi connectivity index (χ0v) is 10.7. The van der Waals surface area contributed by atoms with Crippen LogP contribution in [0.25, 0.3) is 5.65 Å². The van der Waals surface area contributed by atoms with Crippen LogP contribution in [0.5, 0.6) is 0 Å². The number of tetrazole rings is 1. The molecule has 3 aromatic rings. The van der Waals surface area contributed by atoms with Crippen LogP contribution in [0.2, 0.25) is 0 Å². The van der Waals surface area contributed by atoms with Gasteiger partial charge in [-0.05, 0) is 46.8 Å². The number of nitrogens with two attached hydrogens (primary N) is 1. The molecule has 0 spiro atoms. The number of fused-ring (bicyclic) bond motifs is 1. The molecule has 8 heteroatoms. The number of aromatic nitrogens is 5. The number of hydrogen-bond acceptors (Lipinski definition) is 6. The molecule has 20 heavy (non-hydrogen) atoms. The Hall–Kier alpha value is -3.03. The summed E-state index contributed by atoms with van der Waals surface area (Å²) in [6.45, 7) is 0. The summed E-state index contributed by atoms with van der Waals surface area (Å²) in [4.78, 5) is 1.89. The Bertz CT molecular complexity index is 760. The molecule has 0 saturated heterocycles. The van der Waals surface area contributed by atoms with E-state index >= 15 is 0 Å². The van der Waals surface area contributed by atoms with Crippen LogP contribution >= 0.6 is 0 Å². The smallest absolute Gasteiger partial charge is 0.200 e. The first-order chi connectivity index (χ1) is 9.65. The lowest BCUT2D eigenvalue weighted by Crippen LogP contribution is -2.14. The normalized spacial score (nSPS) is 10.7. The summed E-state index contributed by atoms with van der Waals surface area (Å²) in [7, 11) is 1.89. The summed E-state index contributed by atoms with van der Waals surface area (Å²) >= 11 is 0. The Morgan fingerprint density at radius 2 is 1.95 bits per heavy atom. The standard InChI is InChI=1S/C12H12N8/c1-19(9-4-2-8(3-5-9)12(13)14)11-7-6-10-15-17-18-20(10)16-11/h2-7H,1H3,(H3,13,14). The number of anilines is 2. The highest BCUT2D eigenvalue weighted by atomic mass is 15.6. The number of amidine groups is 1. The van der Waals surface area contributed by atoms with E-state index in [9.17, 15) is 0 Å². The summed E-state index contributed by atoms with van der Waals surface area (Å²) in [6, 6.07) is 11.0. The fourth-order valence-electron chi connectivity index (χ4n) is 1.82. The topological polar surface area (TPSA) is 109 Å². The molecule has 2 heterocycles. The van der Waals surface area contributed by atoms with Crippen LogP contribution in [-0.2, 0) is 0 Å². The van der Waals surface area contributed by atoms with Crippen molar-refractivity contribution < 1.29 is 0 Å². The van der Waals surface area contributed by atoms with Crippen molar-refractivity contribution in [2.24, 2.45) is 5.73 Å². The highest BCUT2D eigenvalue weighted by Crippen LogP contribution is 2.21. The second-order valence-corrected chi connectivity index (χ2v) is 4.24. The fourth-order valence-corrected chi connectivity index (χ4v) is 1.82. The van der Waals surface area contributed by atoms with Gasteiger partial charge in [0.1, 0.15) is 5.84 Å². The molecule has 0 aliphatic rings. The quantitative estimate of drug-likeness (QED) is 0.531. The Morgan fingerprint density at radius 1 is 1.20 bits per heavy atom. The molecule has 0 unspecified atom stereocenters. The minimum Gasteiger partial charge on any atom is -0.384 e. The van der Waals surface area contributed by atoms with Crippen LogP contribution in [0.3, 0.4) is 0 Å². The van der Waals surface area contributed by atoms with E-state index in [4.69, 9.17) is 11.1 Å². The molecule has 0 saturated carbocycles. The molecule has 0 fully saturated rings. The predicted molar refractivity (Wildman–Crippen MR) is 74.1 cm³/mol. The highest BCUT2D eigenvalue weighted by Gasteiger charge is 2.08. The van der Waals surface area contributed by atoms with Crippen molar-refractivity contribution in [3.05, 3.63) is 42.0 Å². The Kier molecular flexibility index (Phi) is 2.75. The molecule has 0 aliphatic carbocycles. The summed E-state index contributed by atoms with van der Waals surface area (Å²) in [5.74, 6) is 0.757. The molecular formula is C12H12N8. The third kappa shape index (κ3) is 2.03. The molecule has 100 valence electrons. The lowest BCUT2D eigenvalue weighted by molar-refractivity contribution is 0.731. The van der Waals surface area contributed by atoms with E-state index in [1.165, 1.54) is 4.63 Å². The lowest BCUT2D eigenvalue weighted by Gasteiger charge is -2.18. The molecule has 0 bridgehead atoms. The van der Waals surface area contributed by atoms with Crippen LogP contribution in [0.4, 0.5) is 11.5 Å². The number of benzene rings is 1. The maximum atomic E-state index is 7.38. The van der Waals surface area contributed by atoms with Crippen LogP contribution < -0.4 is 10.6 Å². The minimum atomic E-state index is 0.0486. The monoisotopic (exact) mass is 268 g/mol. The van der Waals surface area contributed by atoms with Crippen LogP contribution in [-0.4, -0.2) is 38.1 Å². The Labute approximate surface area is 114 Å². The van der Waals surface area contributed by atoms with Crippen molar-refractivity contribution in [1.29, 1.82) is 5.41 Å². The number of hydrogen-bond donors (Lipinski definition) is 2. The highest BCUT2D eigenvalue weighted by molar-refractivity contribution is 5.95. The van der Waals surface area contributed by atoms with Crippen molar-refractivity contribution in [2.75, 3.05) is 11.9 Å². The first-order valence-electron chi connectivity index (χ1n) is 5.89. The summed E-state index contributed by atoms with van der Waals surface area (Å²) < 4.78 is 1.37. The first kappa shape index (κ1) is 12.0. The molecule has 0 radical (unpaired) electrons. The average Bonchev–Trinajstić information content (AvgIpc) is 2.94. The second-order valence-electron chi connectivity index (χ2n) is 4.24. The summed E-state index contributed by atoms with van der Waals surface area (Å²) in [6.07, 6.45) is 0. The maximum absolute atomic E-state index is 7.38. The van der Waals surface area contributed by atoms with E-state index in [1.54, 1.807) is 18.2 Å². The van der Waals surface area contributed by atoms with Crippen LogP contribution in [0.1, 0.15) is 5.56 Å². The molecular weight excluding hydrogens is 256 g/mol. The van der Waals surface area contributed by atoms with Crippen LogP contribution in [0.15, 0.2) is 36.4 Å². The van der Waals surface area contributed by atoms with E-state index in [-0.39, 0.29) is 5.84 Å². The van der Waals surface area contributed by atoms with Crippen molar-refractivity contribution in [1.82, 2.24) is 25.3 Å². The van der Waals surface area contributed by atoms with Gasteiger partial charge >= 0.3 is 0 Å². The van der Waals surface area contributed by atoms with E-state index in [0.29, 0.717) is 17.0 Å². The van der Waals surface area contributed by atoms with Crippen molar-refractivity contribution >= 4 is 23.0 Å². The molecule has 1 aromatic carbocycles. The molecule has 0 aliphatic heterocycles. The largest absolute Gasteiger partial charge is 0.384 e. The predicted octanol–water partition coefficient (Wildman–Crippen LogP) is 0.571. The van der Waals surface area contributed by atoms with Gasteiger partial charge in [0.15, 0.2) is 11.5 Å². The van der Waals surface area contributed by atoms with Gasteiger partial charge in [-0.1, -0.05) is 0 Å². The molecule has 0 atom stereocenters. The minimum absolute atomic E-state index is 0.0486. The summed E-state index contributed by atoms with van der Waals surface area (Å²) in [5, 5.41) is 22.8. The third-order valence-corrected chi connectivity index (χ3v) is 2.96. The number of rotatable bonds is 3. The van der Waals surface area contributed by atoms with Crippen LogP contribution in [0, 0.1) is 5.41 Å². The molecule has 3 rings (SSSR count). The maximum Gasteiger partial charge on any atom is 0.200 e. The van der Waals surface area contributed by atoms with E-state index in [1.807, 2.05) is 30.1 Å². The average molecular weight is 268 g/mol. The van der Waals surface area contributed by atoms with Gasteiger partial charge in [-0.25, -0.2) is 0 Å². The number of nitrogens with one attached hydrogen (secondary N) is 1. The van der Waals surface area contributed by atoms with Gasteiger partial charge in [-0.15, -0.1) is 14.8 Å². The van der Waals surface area contributed by atoms with Gasteiger partial charge in [-0.3, -0.25) is 5.41 Å². The first-order valence-corrected chi connectivity index (χ1v) is 5.89. The number of nitrogens with zero attached hydrogens (tertiary/aromatic N) is 6. The van der Waals surface area contributed by atoms with Gasteiger partial charge in [0.05, 0.1) is 0 Å². The molecule has 0 amide bonds.